The van der Waals surface area contributed by atoms with Crippen LogP contribution < -0.4 is 10.6 Å². The molecule has 1 rings (SSSR count). The first-order chi connectivity index (χ1) is 10.2. The smallest absolute Gasteiger partial charge is 0.407 e. The second-order valence-corrected chi connectivity index (χ2v) is 5.60. The number of para-hydroxylation sites is 1. The highest BCUT2D eigenvalue weighted by atomic mass is 19.1. The first kappa shape index (κ1) is 17.7. The van der Waals surface area contributed by atoms with E-state index in [-0.39, 0.29) is 17.9 Å². The van der Waals surface area contributed by atoms with Crippen LogP contribution in [-0.4, -0.2) is 29.7 Å². The van der Waals surface area contributed by atoms with Crippen LogP contribution in [0.5, 0.6) is 0 Å². The number of nitrogens with one attached hydrogen (secondary N) is 2. The van der Waals surface area contributed by atoms with Crippen molar-refractivity contribution >= 4 is 17.5 Å². The van der Waals surface area contributed by atoms with Gasteiger partial charge in [-0.3, -0.25) is 10.1 Å². The number of halogens is 1. The van der Waals surface area contributed by atoms with Crippen LogP contribution in [0.3, 0.4) is 0 Å². The monoisotopic (exact) mass is 313 g/mol. The lowest BCUT2D eigenvalue weighted by Gasteiger charge is -2.19. The van der Waals surface area contributed by atoms with Gasteiger partial charge in [-0.05, 0) is 33.3 Å². The molecule has 7 nitrogen and oxygen atoms in total. The van der Waals surface area contributed by atoms with E-state index < -0.39 is 22.4 Å². The normalized spacial score (nSPS) is 10.9. The minimum Gasteiger partial charge on any atom is -0.444 e. The first-order valence-corrected chi connectivity index (χ1v) is 6.84. The molecular weight excluding hydrogens is 293 g/mol. The predicted molar refractivity (Wildman–Crippen MR) is 80.4 cm³/mol. The zero-order valence-electron chi connectivity index (χ0n) is 12.8. The topological polar surface area (TPSA) is 93.5 Å². The molecule has 0 saturated heterocycles. The fourth-order valence-electron chi connectivity index (χ4n) is 1.65. The Morgan fingerprint density at radius 3 is 2.64 bits per heavy atom. The van der Waals surface area contributed by atoms with Gasteiger partial charge < -0.3 is 15.4 Å². The molecule has 0 fully saturated rings. The molecule has 0 aliphatic heterocycles. The average molecular weight is 313 g/mol. The van der Waals surface area contributed by atoms with Gasteiger partial charge in [0.05, 0.1) is 4.92 Å². The van der Waals surface area contributed by atoms with Gasteiger partial charge in [0, 0.05) is 19.2 Å². The Labute approximate surface area is 128 Å². The number of alkyl carbamates (subject to hydrolysis) is 1. The molecule has 0 aliphatic carbocycles. The summed E-state index contributed by atoms with van der Waals surface area (Å²) in [6, 6.07) is 3.65. The van der Waals surface area contributed by atoms with Crippen molar-refractivity contribution in [3.8, 4) is 0 Å². The second-order valence-electron chi connectivity index (χ2n) is 5.60. The molecule has 1 amide bonds. The largest absolute Gasteiger partial charge is 0.444 e. The third-order valence-corrected chi connectivity index (χ3v) is 2.51. The Balaban J connectivity index is 2.40. The Morgan fingerprint density at radius 2 is 2.05 bits per heavy atom. The number of nitro groups is 1. The maximum Gasteiger partial charge on any atom is 0.407 e. The van der Waals surface area contributed by atoms with Crippen molar-refractivity contribution < 1.29 is 18.8 Å². The lowest BCUT2D eigenvalue weighted by Crippen LogP contribution is -2.33. The lowest BCUT2D eigenvalue weighted by molar-refractivity contribution is -0.384. The molecule has 122 valence electrons. The third-order valence-electron chi connectivity index (χ3n) is 2.51. The van der Waals surface area contributed by atoms with E-state index in [1.54, 1.807) is 20.8 Å². The number of hydrogen-bond acceptors (Lipinski definition) is 5. The number of anilines is 1. The Bertz CT molecular complexity index is 543. The molecule has 2 N–H and O–H groups in total. The van der Waals surface area contributed by atoms with E-state index in [2.05, 4.69) is 10.6 Å². The number of benzene rings is 1. The third kappa shape index (κ3) is 5.94. The number of amides is 1. The molecule has 0 unspecified atom stereocenters. The van der Waals surface area contributed by atoms with Crippen molar-refractivity contribution in [2.45, 2.75) is 32.8 Å². The van der Waals surface area contributed by atoms with Crippen LogP contribution in [0.25, 0.3) is 0 Å². The molecule has 1 aromatic carbocycles. The van der Waals surface area contributed by atoms with Crippen molar-refractivity contribution in [1.29, 1.82) is 0 Å². The maximum atomic E-state index is 13.6. The van der Waals surface area contributed by atoms with Crippen molar-refractivity contribution in [3.05, 3.63) is 34.1 Å². The molecule has 0 atom stereocenters. The molecule has 0 heterocycles. The number of rotatable bonds is 6. The SMILES string of the molecule is CC(C)(C)OC(=O)NCCCNc1c(F)cccc1[N+](=O)[O-]. The van der Waals surface area contributed by atoms with Crippen LogP contribution in [0.15, 0.2) is 18.2 Å². The Hall–Kier alpha value is -2.38. The number of hydrogen-bond donors (Lipinski definition) is 2. The van der Waals surface area contributed by atoms with E-state index >= 15 is 0 Å². The van der Waals surface area contributed by atoms with Crippen LogP contribution in [0.4, 0.5) is 20.6 Å². The molecule has 0 saturated carbocycles. The van der Waals surface area contributed by atoms with E-state index in [9.17, 15) is 19.3 Å². The predicted octanol–water partition coefficient (Wildman–Crippen LogP) is 3.06. The summed E-state index contributed by atoms with van der Waals surface area (Å²) >= 11 is 0. The van der Waals surface area contributed by atoms with Crippen LogP contribution in [-0.2, 0) is 4.74 Å². The molecule has 0 bridgehead atoms. The maximum absolute atomic E-state index is 13.6. The fourth-order valence-corrected chi connectivity index (χ4v) is 1.65. The van der Waals surface area contributed by atoms with Gasteiger partial charge in [-0.2, -0.15) is 0 Å². The lowest BCUT2D eigenvalue weighted by atomic mass is 10.2. The van der Waals surface area contributed by atoms with Crippen LogP contribution in [0.1, 0.15) is 27.2 Å². The molecular formula is C14H20FN3O4. The number of carbonyl (C=O) groups is 1. The van der Waals surface area contributed by atoms with Gasteiger partial charge in [-0.1, -0.05) is 6.07 Å². The quantitative estimate of drug-likeness (QED) is 0.478. The van der Waals surface area contributed by atoms with Gasteiger partial charge in [0.2, 0.25) is 0 Å². The molecule has 22 heavy (non-hydrogen) atoms. The fraction of sp³-hybridized carbons (Fsp3) is 0.500. The van der Waals surface area contributed by atoms with Gasteiger partial charge >= 0.3 is 6.09 Å². The Morgan fingerprint density at radius 1 is 1.36 bits per heavy atom. The van der Waals surface area contributed by atoms with Crippen molar-refractivity contribution in [1.82, 2.24) is 5.32 Å². The van der Waals surface area contributed by atoms with Crippen LogP contribution in [0, 0.1) is 15.9 Å². The van der Waals surface area contributed by atoms with E-state index in [1.807, 2.05) is 0 Å². The molecule has 0 radical (unpaired) electrons. The minimum atomic E-state index is -0.686. The summed E-state index contributed by atoms with van der Waals surface area (Å²) in [5, 5.41) is 16.0. The van der Waals surface area contributed by atoms with Crippen LogP contribution >= 0.6 is 0 Å². The highest BCUT2D eigenvalue weighted by Crippen LogP contribution is 2.26. The molecule has 0 spiro atoms. The van der Waals surface area contributed by atoms with Gasteiger partial charge in [-0.15, -0.1) is 0 Å². The van der Waals surface area contributed by atoms with Crippen molar-refractivity contribution in [3.63, 3.8) is 0 Å². The van der Waals surface area contributed by atoms with Gasteiger partial charge in [-0.25, -0.2) is 9.18 Å². The van der Waals surface area contributed by atoms with Crippen molar-refractivity contribution in [2.24, 2.45) is 0 Å². The van der Waals surface area contributed by atoms with Gasteiger partial charge in [0.25, 0.3) is 5.69 Å². The van der Waals surface area contributed by atoms with Gasteiger partial charge in [0.15, 0.2) is 5.82 Å². The number of ether oxygens (including phenoxy) is 1. The van der Waals surface area contributed by atoms with E-state index in [0.29, 0.717) is 13.0 Å². The number of nitrogens with zero attached hydrogens (tertiary/aromatic N) is 1. The van der Waals surface area contributed by atoms with Crippen molar-refractivity contribution in [2.75, 3.05) is 18.4 Å². The van der Waals surface area contributed by atoms with Crippen LogP contribution in [0.2, 0.25) is 0 Å². The van der Waals surface area contributed by atoms with E-state index in [4.69, 9.17) is 4.74 Å². The summed E-state index contributed by atoms with van der Waals surface area (Å²) in [6.45, 7) is 5.85. The summed E-state index contributed by atoms with van der Waals surface area (Å²) < 4.78 is 18.6. The standard InChI is InChI=1S/C14H20FN3O4/c1-14(2,3)22-13(19)17-9-5-8-16-12-10(15)6-4-7-11(12)18(20)21/h4,6-7,16H,5,8-9H2,1-3H3,(H,17,19). The average Bonchev–Trinajstić information content (AvgIpc) is 2.37. The highest BCUT2D eigenvalue weighted by Gasteiger charge is 2.17. The number of nitro benzene ring substituents is 1. The zero-order valence-corrected chi connectivity index (χ0v) is 12.8. The first-order valence-electron chi connectivity index (χ1n) is 6.84. The summed E-state index contributed by atoms with van der Waals surface area (Å²) in [6.07, 6.45) is -0.0746. The summed E-state index contributed by atoms with van der Waals surface area (Å²) in [4.78, 5) is 21.5. The van der Waals surface area contributed by atoms with Gasteiger partial charge in [0.1, 0.15) is 11.3 Å². The Kier molecular flexibility index (Phi) is 6.09. The molecule has 0 aliphatic rings. The molecule has 1 aromatic rings. The zero-order chi connectivity index (χ0) is 16.8. The minimum absolute atomic E-state index is 0.148. The molecule has 0 aromatic heterocycles. The van der Waals surface area contributed by atoms with E-state index in [0.717, 1.165) is 6.07 Å². The number of carbonyl (C=O) groups excluding carboxylic acids is 1. The summed E-state index contributed by atoms with van der Waals surface area (Å²) in [5.74, 6) is -0.686. The van der Waals surface area contributed by atoms with E-state index in [1.165, 1.54) is 12.1 Å². The summed E-state index contributed by atoms with van der Waals surface area (Å²) in [5.41, 5.74) is -1.04. The molecule has 8 heteroatoms. The summed E-state index contributed by atoms with van der Waals surface area (Å²) in [7, 11) is 0. The second kappa shape index (κ2) is 7.58. The highest BCUT2D eigenvalue weighted by molar-refractivity contribution is 5.67.